The first kappa shape index (κ1) is 15.2. The number of hydrogen-bond donors (Lipinski definition) is 2. The molecule has 0 saturated heterocycles. The first-order valence-electron chi connectivity index (χ1n) is 7.19. The molecule has 110 valence electrons. The van der Waals surface area contributed by atoms with Crippen molar-refractivity contribution in [1.29, 1.82) is 0 Å². The first-order chi connectivity index (χ1) is 9.56. The number of rotatable bonds is 5. The van der Waals surface area contributed by atoms with Crippen molar-refractivity contribution in [2.75, 3.05) is 18.1 Å². The van der Waals surface area contributed by atoms with Gasteiger partial charge in [-0.15, -0.1) is 0 Å². The zero-order chi connectivity index (χ0) is 14.6. The Bertz CT molecular complexity index is 481. The number of aromatic carboxylic acids is 1. The molecule has 0 radical (unpaired) electrons. The van der Waals surface area contributed by atoms with Crippen LogP contribution in [-0.2, 0) is 0 Å². The maximum absolute atomic E-state index is 10.9. The number of benzene rings is 1. The minimum atomic E-state index is -0.868. The number of anilines is 1. The van der Waals surface area contributed by atoms with Gasteiger partial charge < -0.3 is 10.4 Å². The van der Waals surface area contributed by atoms with Crippen LogP contribution >= 0.6 is 11.8 Å². The van der Waals surface area contributed by atoms with Crippen LogP contribution in [0.2, 0.25) is 0 Å². The lowest BCUT2D eigenvalue weighted by molar-refractivity contribution is 0.0697. The predicted molar refractivity (Wildman–Crippen MR) is 86.0 cm³/mol. The molecular formula is C16H23NO2S. The molecule has 0 atom stereocenters. The van der Waals surface area contributed by atoms with Crippen LogP contribution in [0.3, 0.4) is 0 Å². The Morgan fingerprint density at radius 1 is 1.35 bits per heavy atom. The van der Waals surface area contributed by atoms with Crippen molar-refractivity contribution in [2.45, 2.75) is 43.8 Å². The Hall–Kier alpha value is -1.16. The number of carboxylic acids is 1. The van der Waals surface area contributed by atoms with E-state index in [4.69, 9.17) is 5.11 Å². The van der Waals surface area contributed by atoms with E-state index in [1.54, 1.807) is 12.1 Å². The Morgan fingerprint density at radius 2 is 2.05 bits per heavy atom. The summed E-state index contributed by atoms with van der Waals surface area (Å²) in [6.07, 6.45) is 8.74. The van der Waals surface area contributed by atoms with Crippen LogP contribution in [-0.4, -0.2) is 28.6 Å². The van der Waals surface area contributed by atoms with Crippen LogP contribution in [0, 0.1) is 6.92 Å². The lowest BCUT2D eigenvalue weighted by Crippen LogP contribution is -2.35. The molecule has 0 amide bonds. The Kier molecular flexibility index (Phi) is 4.97. The summed E-state index contributed by atoms with van der Waals surface area (Å²) in [5.41, 5.74) is 2.40. The fourth-order valence-corrected chi connectivity index (χ4v) is 3.81. The van der Waals surface area contributed by atoms with E-state index in [9.17, 15) is 4.79 Å². The number of hydrogen-bond acceptors (Lipinski definition) is 3. The Morgan fingerprint density at radius 3 is 2.60 bits per heavy atom. The average Bonchev–Trinajstić information content (AvgIpc) is 2.47. The van der Waals surface area contributed by atoms with Crippen molar-refractivity contribution in [3.05, 3.63) is 29.3 Å². The first-order valence-corrected chi connectivity index (χ1v) is 8.42. The minimum Gasteiger partial charge on any atom is -0.478 e. The second-order valence-electron chi connectivity index (χ2n) is 5.64. The topological polar surface area (TPSA) is 49.3 Å². The molecule has 3 nitrogen and oxygen atoms in total. The van der Waals surface area contributed by atoms with Gasteiger partial charge in [-0.2, -0.15) is 11.8 Å². The van der Waals surface area contributed by atoms with E-state index >= 15 is 0 Å². The summed E-state index contributed by atoms with van der Waals surface area (Å²) in [6.45, 7) is 2.92. The van der Waals surface area contributed by atoms with Gasteiger partial charge >= 0.3 is 5.97 Å². The zero-order valence-corrected chi connectivity index (χ0v) is 13.1. The van der Waals surface area contributed by atoms with Gasteiger partial charge in [-0.3, -0.25) is 0 Å². The molecule has 1 aliphatic rings. The van der Waals surface area contributed by atoms with Crippen molar-refractivity contribution < 1.29 is 9.90 Å². The maximum atomic E-state index is 10.9. The summed E-state index contributed by atoms with van der Waals surface area (Å²) in [4.78, 5) is 10.9. The minimum absolute atomic E-state index is 0.343. The number of carboxylic acid groups (broad SMARTS) is 1. The molecule has 1 aromatic carbocycles. The van der Waals surface area contributed by atoms with Crippen LogP contribution in [0.5, 0.6) is 0 Å². The molecule has 0 unspecified atom stereocenters. The van der Waals surface area contributed by atoms with Crippen molar-refractivity contribution in [3.63, 3.8) is 0 Å². The van der Waals surface area contributed by atoms with E-state index in [0.717, 1.165) is 17.8 Å². The standard InChI is InChI=1S/C16H23NO2S/c1-12-10-13(15(18)19)6-7-14(12)17-11-16(20-2)8-4-3-5-9-16/h6-7,10,17H,3-5,8-9,11H2,1-2H3,(H,18,19). The summed E-state index contributed by atoms with van der Waals surface area (Å²) in [7, 11) is 0. The molecule has 2 N–H and O–H groups in total. The molecule has 4 heteroatoms. The molecule has 20 heavy (non-hydrogen) atoms. The van der Waals surface area contributed by atoms with E-state index in [1.807, 2.05) is 24.8 Å². The number of carbonyl (C=O) groups is 1. The normalized spacial score (nSPS) is 17.7. The smallest absolute Gasteiger partial charge is 0.335 e. The highest BCUT2D eigenvalue weighted by Crippen LogP contribution is 2.38. The van der Waals surface area contributed by atoms with Crippen molar-refractivity contribution in [1.82, 2.24) is 0 Å². The summed E-state index contributed by atoms with van der Waals surface area (Å²) in [5.74, 6) is -0.868. The molecule has 1 aromatic rings. The molecule has 0 bridgehead atoms. The molecule has 1 aliphatic carbocycles. The van der Waals surface area contributed by atoms with Crippen LogP contribution in [0.25, 0.3) is 0 Å². The second kappa shape index (κ2) is 6.53. The largest absolute Gasteiger partial charge is 0.478 e. The predicted octanol–water partition coefficient (Wildman–Crippen LogP) is 4.17. The third-order valence-electron chi connectivity index (χ3n) is 4.27. The summed E-state index contributed by atoms with van der Waals surface area (Å²) < 4.78 is 0.343. The van der Waals surface area contributed by atoms with Crippen LogP contribution in [0.15, 0.2) is 18.2 Å². The maximum Gasteiger partial charge on any atom is 0.335 e. The van der Waals surface area contributed by atoms with E-state index in [-0.39, 0.29) is 0 Å². The van der Waals surface area contributed by atoms with Gasteiger partial charge in [-0.1, -0.05) is 19.3 Å². The molecule has 0 spiro atoms. The summed E-state index contributed by atoms with van der Waals surface area (Å²) >= 11 is 1.97. The molecule has 0 heterocycles. The van der Waals surface area contributed by atoms with Gasteiger partial charge in [0.05, 0.1) is 5.56 Å². The lowest BCUT2D eigenvalue weighted by atomic mass is 9.88. The van der Waals surface area contributed by atoms with Crippen molar-refractivity contribution in [3.8, 4) is 0 Å². The Labute approximate surface area is 125 Å². The van der Waals surface area contributed by atoms with Crippen molar-refractivity contribution >= 4 is 23.4 Å². The second-order valence-corrected chi connectivity index (χ2v) is 6.91. The van der Waals surface area contributed by atoms with E-state index in [1.165, 1.54) is 32.1 Å². The van der Waals surface area contributed by atoms with E-state index in [2.05, 4.69) is 11.6 Å². The summed E-state index contributed by atoms with van der Waals surface area (Å²) in [6, 6.07) is 5.29. The highest BCUT2D eigenvalue weighted by Gasteiger charge is 2.30. The average molecular weight is 293 g/mol. The molecule has 0 aliphatic heterocycles. The molecule has 1 saturated carbocycles. The molecular weight excluding hydrogens is 270 g/mol. The number of aryl methyl sites for hydroxylation is 1. The molecule has 1 fully saturated rings. The quantitative estimate of drug-likeness (QED) is 0.855. The number of thioether (sulfide) groups is 1. The van der Waals surface area contributed by atoms with Gasteiger partial charge in [-0.25, -0.2) is 4.79 Å². The SMILES string of the molecule is CSC1(CNc2ccc(C(=O)O)cc2C)CCCCC1. The number of nitrogens with one attached hydrogen (secondary N) is 1. The van der Waals surface area contributed by atoms with Gasteiger partial charge in [0.2, 0.25) is 0 Å². The highest BCUT2D eigenvalue weighted by molar-refractivity contribution is 8.00. The Balaban J connectivity index is 2.04. The van der Waals surface area contributed by atoms with E-state index in [0.29, 0.717) is 10.3 Å². The van der Waals surface area contributed by atoms with Crippen LogP contribution < -0.4 is 5.32 Å². The monoisotopic (exact) mass is 293 g/mol. The fraction of sp³-hybridized carbons (Fsp3) is 0.562. The third kappa shape index (κ3) is 3.48. The molecule has 0 aromatic heterocycles. The fourth-order valence-electron chi connectivity index (χ4n) is 2.90. The lowest BCUT2D eigenvalue weighted by Gasteiger charge is -2.36. The van der Waals surface area contributed by atoms with Gasteiger partial charge in [0.25, 0.3) is 0 Å². The van der Waals surface area contributed by atoms with Gasteiger partial charge in [0, 0.05) is 17.0 Å². The van der Waals surface area contributed by atoms with Crippen LogP contribution in [0.4, 0.5) is 5.69 Å². The van der Waals surface area contributed by atoms with Crippen LogP contribution in [0.1, 0.15) is 48.0 Å². The molecule has 2 rings (SSSR count). The third-order valence-corrected chi connectivity index (χ3v) is 5.69. The van der Waals surface area contributed by atoms with E-state index < -0.39 is 5.97 Å². The van der Waals surface area contributed by atoms with Gasteiger partial charge in [-0.05, 0) is 49.8 Å². The van der Waals surface area contributed by atoms with Crippen molar-refractivity contribution in [2.24, 2.45) is 0 Å². The summed E-state index contributed by atoms with van der Waals surface area (Å²) in [5, 5.41) is 12.5. The zero-order valence-electron chi connectivity index (χ0n) is 12.2. The highest BCUT2D eigenvalue weighted by atomic mass is 32.2. The van der Waals surface area contributed by atoms with Gasteiger partial charge in [0.1, 0.15) is 0 Å². The van der Waals surface area contributed by atoms with Gasteiger partial charge in [0.15, 0.2) is 0 Å².